The van der Waals surface area contributed by atoms with Gasteiger partial charge in [0.1, 0.15) is 6.10 Å². The quantitative estimate of drug-likeness (QED) is 0.507. The molecule has 6 fully saturated rings. The molecule has 21 heavy (non-hydrogen) atoms. The molecule has 0 aromatic rings. The molecule has 3 heterocycles. The maximum Gasteiger partial charge on any atom is 0.311 e. The Morgan fingerprint density at radius 1 is 1.14 bits per heavy atom. The van der Waals surface area contributed by atoms with E-state index in [9.17, 15) is 4.79 Å². The van der Waals surface area contributed by atoms with E-state index < -0.39 is 12.1 Å². The van der Waals surface area contributed by atoms with Crippen LogP contribution < -0.4 is 0 Å². The normalized spacial score (nSPS) is 64.1. The minimum absolute atomic E-state index is 0.00910. The standard InChI is InChI=1S/C16H22O5/c1-8-4-5-16-9(2)11(17)18-12-10(16)15(8)7-6-14(3,19-12)21-20-13(15)16/h8-10,12-13H,4-7H2,1-3H3. The summed E-state index contributed by atoms with van der Waals surface area (Å²) in [6.45, 7) is 6.19. The summed E-state index contributed by atoms with van der Waals surface area (Å²) in [6.07, 6.45) is 3.52. The minimum Gasteiger partial charge on any atom is -0.435 e. The molecule has 3 bridgehead atoms. The third-order valence-corrected chi connectivity index (χ3v) is 7.42. The molecular formula is C16H22O5. The van der Waals surface area contributed by atoms with E-state index in [0.29, 0.717) is 5.92 Å². The second-order valence-electron chi connectivity index (χ2n) is 7.98. The predicted molar refractivity (Wildman–Crippen MR) is 70.5 cm³/mol. The summed E-state index contributed by atoms with van der Waals surface area (Å²) in [5.74, 6) is -0.264. The van der Waals surface area contributed by atoms with Gasteiger partial charge in [0.05, 0.1) is 5.92 Å². The lowest BCUT2D eigenvalue weighted by Gasteiger charge is -2.76. The summed E-state index contributed by atoms with van der Waals surface area (Å²) < 4.78 is 11.8. The van der Waals surface area contributed by atoms with Crippen molar-refractivity contribution in [3.63, 3.8) is 0 Å². The fourth-order valence-electron chi connectivity index (χ4n) is 6.30. The van der Waals surface area contributed by atoms with Gasteiger partial charge in [0.25, 0.3) is 0 Å². The first kappa shape index (κ1) is 12.9. The van der Waals surface area contributed by atoms with Crippen LogP contribution in [0.2, 0.25) is 0 Å². The lowest BCUT2D eigenvalue weighted by molar-refractivity contribution is -0.542. The highest BCUT2D eigenvalue weighted by molar-refractivity contribution is 5.75. The summed E-state index contributed by atoms with van der Waals surface area (Å²) in [4.78, 5) is 24.0. The van der Waals surface area contributed by atoms with E-state index in [4.69, 9.17) is 19.2 Å². The second kappa shape index (κ2) is 3.47. The van der Waals surface area contributed by atoms with E-state index in [1.807, 2.05) is 13.8 Å². The monoisotopic (exact) mass is 294 g/mol. The van der Waals surface area contributed by atoms with Gasteiger partial charge < -0.3 is 9.47 Å². The van der Waals surface area contributed by atoms with E-state index in [1.54, 1.807) is 0 Å². The smallest absolute Gasteiger partial charge is 0.311 e. The molecule has 0 N–H and O–H groups in total. The molecule has 0 radical (unpaired) electrons. The number of rotatable bonds is 0. The van der Waals surface area contributed by atoms with Crippen molar-refractivity contribution in [2.45, 2.75) is 64.6 Å². The second-order valence-corrected chi connectivity index (χ2v) is 7.98. The van der Waals surface area contributed by atoms with E-state index in [2.05, 4.69) is 6.92 Å². The van der Waals surface area contributed by atoms with Crippen LogP contribution >= 0.6 is 0 Å². The maximum absolute atomic E-state index is 12.4. The molecule has 3 saturated heterocycles. The van der Waals surface area contributed by atoms with Crippen molar-refractivity contribution in [3.05, 3.63) is 0 Å². The van der Waals surface area contributed by atoms with E-state index in [1.165, 1.54) is 0 Å². The number of hydrogen-bond acceptors (Lipinski definition) is 5. The van der Waals surface area contributed by atoms with Crippen LogP contribution in [-0.2, 0) is 24.0 Å². The zero-order valence-electron chi connectivity index (χ0n) is 12.8. The molecule has 8 unspecified atom stereocenters. The van der Waals surface area contributed by atoms with Gasteiger partial charge in [0.2, 0.25) is 12.1 Å². The Morgan fingerprint density at radius 2 is 1.95 bits per heavy atom. The molecule has 116 valence electrons. The summed E-state index contributed by atoms with van der Waals surface area (Å²) in [7, 11) is 0. The van der Waals surface area contributed by atoms with Crippen LogP contribution in [0.25, 0.3) is 0 Å². The van der Waals surface area contributed by atoms with Gasteiger partial charge in [-0.15, -0.1) is 0 Å². The van der Waals surface area contributed by atoms with Crippen molar-refractivity contribution in [2.24, 2.45) is 28.6 Å². The first-order valence-electron chi connectivity index (χ1n) is 8.17. The highest BCUT2D eigenvalue weighted by atomic mass is 17.2. The average molecular weight is 294 g/mol. The molecule has 2 spiro atoms. The molecule has 0 aromatic carbocycles. The van der Waals surface area contributed by atoms with Gasteiger partial charge in [0.15, 0.2) is 0 Å². The number of ether oxygens (including phenoxy) is 2. The van der Waals surface area contributed by atoms with Gasteiger partial charge >= 0.3 is 5.97 Å². The molecule has 6 rings (SSSR count). The summed E-state index contributed by atoms with van der Waals surface area (Å²) in [5.41, 5.74) is -0.107. The van der Waals surface area contributed by atoms with Crippen LogP contribution in [0.5, 0.6) is 0 Å². The van der Waals surface area contributed by atoms with Gasteiger partial charge in [-0.3, -0.25) is 4.79 Å². The Kier molecular flexibility index (Phi) is 2.12. The zero-order chi connectivity index (χ0) is 14.6. The summed E-state index contributed by atoms with van der Waals surface area (Å²) in [5, 5.41) is 0. The fourth-order valence-corrected chi connectivity index (χ4v) is 6.30. The van der Waals surface area contributed by atoms with Crippen molar-refractivity contribution in [1.29, 1.82) is 0 Å². The molecular weight excluding hydrogens is 272 g/mol. The highest BCUT2D eigenvalue weighted by Gasteiger charge is 2.84. The molecule has 5 nitrogen and oxygen atoms in total. The van der Waals surface area contributed by atoms with Gasteiger partial charge in [-0.1, -0.05) is 13.8 Å². The van der Waals surface area contributed by atoms with E-state index in [0.717, 1.165) is 25.7 Å². The first-order chi connectivity index (χ1) is 9.94. The molecule has 3 aliphatic heterocycles. The number of fused-ring (bicyclic) bond motifs is 4. The third-order valence-electron chi connectivity index (χ3n) is 7.42. The van der Waals surface area contributed by atoms with Crippen LogP contribution in [0.4, 0.5) is 0 Å². The first-order valence-corrected chi connectivity index (χ1v) is 8.17. The SMILES string of the molecule is CC1CCC23C(C)C(=O)OC4OC5(C)CCC1(C2OO5)C43. The Morgan fingerprint density at radius 3 is 2.76 bits per heavy atom. The lowest BCUT2D eigenvalue weighted by Crippen LogP contribution is -2.81. The van der Waals surface area contributed by atoms with Crippen LogP contribution in [0.1, 0.15) is 46.5 Å². The molecule has 8 atom stereocenters. The van der Waals surface area contributed by atoms with Crippen molar-refractivity contribution >= 4 is 5.97 Å². The van der Waals surface area contributed by atoms with Crippen molar-refractivity contribution in [2.75, 3.05) is 0 Å². The number of carbonyl (C=O) groups excluding carboxylic acids is 1. The Bertz CT molecular complexity index is 535. The Balaban J connectivity index is 1.73. The Labute approximate surface area is 124 Å². The van der Waals surface area contributed by atoms with Gasteiger partial charge in [0, 0.05) is 23.2 Å². The largest absolute Gasteiger partial charge is 0.435 e. The Hall–Kier alpha value is -0.650. The van der Waals surface area contributed by atoms with Crippen molar-refractivity contribution < 1.29 is 24.0 Å². The number of esters is 1. The lowest BCUT2D eigenvalue weighted by atomic mass is 9.31. The van der Waals surface area contributed by atoms with E-state index in [-0.39, 0.29) is 34.7 Å². The number of hydrogen-bond donors (Lipinski definition) is 0. The summed E-state index contributed by atoms with van der Waals surface area (Å²) in [6, 6.07) is 0. The van der Waals surface area contributed by atoms with Crippen LogP contribution in [0.3, 0.4) is 0 Å². The minimum atomic E-state index is -0.795. The molecule has 3 aliphatic carbocycles. The maximum atomic E-state index is 12.4. The average Bonchev–Trinajstić information content (AvgIpc) is 2.61. The van der Waals surface area contributed by atoms with Crippen LogP contribution in [0.15, 0.2) is 0 Å². The topological polar surface area (TPSA) is 54.0 Å². The van der Waals surface area contributed by atoms with Crippen LogP contribution in [0, 0.1) is 28.6 Å². The zero-order valence-corrected chi connectivity index (χ0v) is 12.8. The fraction of sp³-hybridized carbons (Fsp3) is 0.938. The highest BCUT2D eigenvalue weighted by Crippen LogP contribution is 2.79. The van der Waals surface area contributed by atoms with Gasteiger partial charge in [-0.05, 0) is 32.1 Å². The predicted octanol–water partition coefficient (Wildman–Crippen LogP) is 2.39. The summed E-state index contributed by atoms with van der Waals surface area (Å²) >= 11 is 0. The molecule has 5 heteroatoms. The molecule has 3 saturated carbocycles. The molecule has 0 aromatic heterocycles. The molecule has 0 amide bonds. The molecule has 6 aliphatic rings. The number of carbonyl (C=O) groups is 1. The van der Waals surface area contributed by atoms with Crippen LogP contribution in [-0.4, -0.2) is 24.2 Å². The van der Waals surface area contributed by atoms with Crippen molar-refractivity contribution in [1.82, 2.24) is 0 Å². The van der Waals surface area contributed by atoms with Gasteiger partial charge in [-0.2, -0.15) is 0 Å². The van der Waals surface area contributed by atoms with Crippen molar-refractivity contribution in [3.8, 4) is 0 Å². The van der Waals surface area contributed by atoms with Gasteiger partial charge in [-0.25, -0.2) is 9.78 Å². The third kappa shape index (κ3) is 1.14. The van der Waals surface area contributed by atoms with E-state index >= 15 is 0 Å².